The monoisotopic (exact) mass is 437 g/mol. The second-order valence-electron chi connectivity index (χ2n) is 6.82. The molecule has 1 aliphatic heterocycles. The summed E-state index contributed by atoms with van der Waals surface area (Å²) in [4.78, 5) is 24.2. The summed E-state index contributed by atoms with van der Waals surface area (Å²) in [5.41, 5.74) is 2.38. The predicted molar refractivity (Wildman–Crippen MR) is 117 cm³/mol. The van der Waals surface area contributed by atoms with Gasteiger partial charge in [0, 0.05) is 35.9 Å². The summed E-state index contributed by atoms with van der Waals surface area (Å²) in [7, 11) is 0. The molecular weight excluding hydrogens is 413 g/mol. The van der Waals surface area contributed by atoms with Gasteiger partial charge in [0.2, 0.25) is 5.91 Å². The van der Waals surface area contributed by atoms with E-state index < -0.39 is 0 Å². The van der Waals surface area contributed by atoms with Crippen molar-refractivity contribution in [1.29, 1.82) is 0 Å². The molecule has 3 aromatic rings. The first-order valence-corrected chi connectivity index (χ1v) is 9.60. The summed E-state index contributed by atoms with van der Waals surface area (Å²) >= 11 is 6.01. The predicted octanol–water partition coefficient (Wildman–Crippen LogP) is 2.56. The van der Waals surface area contributed by atoms with E-state index in [0.29, 0.717) is 10.7 Å². The molecule has 2 aromatic heterocycles. The molecule has 0 aliphatic carbocycles. The maximum atomic E-state index is 12.7. The van der Waals surface area contributed by atoms with Gasteiger partial charge in [-0.1, -0.05) is 18.5 Å². The van der Waals surface area contributed by atoms with Crippen LogP contribution >= 0.6 is 24.0 Å². The molecule has 1 amide bonds. The third kappa shape index (κ3) is 5.05. The van der Waals surface area contributed by atoms with Crippen molar-refractivity contribution in [2.24, 2.45) is 0 Å². The van der Waals surface area contributed by atoms with Crippen LogP contribution in [-0.4, -0.2) is 56.5 Å². The Kier molecular flexibility index (Phi) is 7.98. The van der Waals surface area contributed by atoms with Crippen molar-refractivity contribution < 1.29 is 10.3 Å². The highest BCUT2D eigenvalue weighted by atomic mass is 35.5. The molecule has 7 nitrogen and oxygen atoms in total. The van der Waals surface area contributed by atoms with Crippen LogP contribution in [0, 0.1) is 0 Å². The second kappa shape index (κ2) is 10.0. The van der Waals surface area contributed by atoms with Crippen LogP contribution in [0.2, 0.25) is 5.02 Å². The Balaban J connectivity index is 0.00000150. The molecule has 1 atom stereocenters. The summed E-state index contributed by atoms with van der Waals surface area (Å²) in [6.07, 6.45) is 2.71. The fraction of sp³-hybridized carbons (Fsp3) is 0.350. The maximum absolute atomic E-state index is 12.7. The molecule has 4 rings (SSSR count). The van der Waals surface area contributed by atoms with E-state index in [4.69, 9.17) is 16.6 Å². The summed E-state index contributed by atoms with van der Waals surface area (Å²) in [5, 5.41) is 3.82. The number of benzene rings is 1. The Hall–Kier alpha value is -2.19. The normalized spacial score (nSPS) is 16.3. The SMILES string of the molecule is CCN1CCC(NC(=O)Cn2c(-c3ccc(Cl)cc3)nc3cccnc32)C1.Cl.O. The number of imidazole rings is 1. The minimum absolute atomic E-state index is 0. The molecule has 3 N–H and O–H groups in total. The van der Waals surface area contributed by atoms with E-state index in [1.165, 1.54) is 0 Å². The fourth-order valence-electron chi connectivity index (χ4n) is 3.58. The van der Waals surface area contributed by atoms with Crippen LogP contribution in [0.4, 0.5) is 0 Å². The van der Waals surface area contributed by atoms with Gasteiger partial charge in [-0.3, -0.25) is 9.36 Å². The van der Waals surface area contributed by atoms with E-state index in [0.717, 1.165) is 43.0 Å². The number of amides is 1. The van der Waals surface area contributed by atoms with Gasteiger partial charge < -0.3 is 15.7 Å². The van der Waals surface area contributed by atoms with Crippen molar-refractivity contribution in [1.82, 2.24) is 24.8 Å². The number of rotatable bonds is 5. The highest BCUT2D eigenvalue weighted by Gasteiger charge is 2.23. The number of pyridine rings is 1. The zero-order valence-corrected chi connectivity index (χ0v) is 17.7. The highest BCUT2D eigenvalue weighted by molar-refractivity contribution is 6.30. The van der Waals surface area contributed by atoms with Crippen LogP contribution in [0.5, 0.6) is 0 Å². The van der Waals surface area contributed by atoms with E-state index in [-0.39, 0.29) is 36.4 Å². The number of carbonyl (C=O) groups is 1. The van der Waals surface area contributed by atoms with Crippen LogP contribution in [0.25, 0.3) is 22.6 Å². The second-order valence-corrected chi connectivity index (χ2v) is 7.26. The van der Waals surface area contributed by atoms with Gasteiger partial charge in [-0.25, -0.2) is 9.97 Å². The van der Waals surface area contributed by atoms with Crippen LogP contribution < -0.4 is 5.32 Å². The number of hydrogen-bond acceptors (Lipinski definition) is 4. The Bertz CT molecular complexity index is 961. The topological polar surface area (TPSA) is 94.6 Å². The minimum Gasteiger partial charge on any atom is -0.412 e. The molecule has 1 aromatic carbocycles. The number of nitrogens with zero attached hydrogens (tertiary/aromatic N) is 4. The van der Waals surface area contributed by atoms with Crippen molar-refractivity contribution in [3.8, 4) is 11.4 Å². The smallest absolute Gasteiger partial charge is 0.240 e. The maximum Gasteiger partial charge on any atom is 0.240 e. The number of fused-ring (bicyclic) bond motifs is 1. The van der Waals surface area contributed by atoms with Gasteiger partial charge in [0.1, 0.15) is 17.9 Å². The molecule has 29 heavy (non-hydrogen) atoms. The van der Waals surface area contributed by atoms with Crippen molar-refractivity contribution in [2.45, 2.75) is 25.9 Å². The number of likely N-dealkylation sites (tertiary alicyclic amines) is 1. The van der Waals surface area contributed by atoms with Crippen LogP contribution in [0.1, 0.15) is 13.3 Å². The lowest BCUT2D eigenvalue weighted by Gasteiger charge is -2.15. The van der Waals surface area contributed by atoms with Crippen LogP contribution in [0.15, 0.2) is 42.6 Å². The number of likely N-dealkylation sites (N-methyl/N-ethyl adjacent to an activating group) is 1. The van der Waals surface area contributed by atoms with Crippen molar-refractivity contribution in [2.75, 3.05) is 19.6 Å². The quantitative estimate of drug-likeness (QED) is 0.663. The van der Waals surface area contributed by atoms with E-state index in [1.54, 1.807) is 6.20 Å². The van der Waals surface area contributed by atoms with Gasteiger partial charge in [-0.15, -0.1) is 12.4 Å². The van der Waals surface area contributed by atoms with E-state index >= 15 is 0 Å². The zero-order chi connectivity index (χ0) is 18.8. The summed E-state index contributed by atoms with van der Waals surface area (Å²) < 4.78 is 1.88. The molecule has 0 radical (unpaired) electrons. The van der Waals surface area contributed by atoms with Crippen LogP contribution in [-0.2, 0) is 11.3 Å². The van der Waals surface area contributed by atoms with Gasteiger partial charge in [-0.2, -0.15) is 0 Å². The first kappa shape index (κ1) is 23.1. The molecule has 1 unspecified atom stereocenters. The highest BCUT2D eigenvalue weighted by Crippen LogP contribution is 2.25. The summed E-state index contributed by atoms with van der Waals surface area (Å²) in [6.45, 7) is 5.30. The summed E-state index contributed by atoms with van der Waals surface area (Å²) in [5.74, 6) is 0.704. The molecule has 1 fully saturated rings. The van der Waals surface area contributed by atoms with Crippen LogP contribution in [0.3, 0.4) is 0 Å². The third-order valence-electron chi connectivity index (χ3n) is 4.99. The minimum atomic E-state index is -0.0156. The molecule has 0 bridgehead atoms. The number of nitrogens with one attached hydrogen (secondary N) is 1. The molecule has 156 valence electrons. The van der Waals surface area contributed by atoms with E-state index in [2.05, 4.69) is 22.1 Å². The van der Waals surface area contributed by atoms with Crippen molar-refractivity contribution >= 4 is 41.1 Å². The third-order valence-corrected chi connectivity index (χ3v) is 5.24. The molecule has 9 heteroatoms. The lowest BCUT2D eigenvalue weighted by molar-refractivity contribution is -0.122. The summed E-state index contributed by atoms with van der Waals surface area (Å²) in [6, 6.07) is 11.4. The van der Waals surface area contributed by atoms with Gasteiger partial charge in [0.05, 0.1) is 0 Å². The Labute approximate surface area is 180 Å². The van der Waals surface area contributed by atoms with E-state index in [1.807, 2.05) is 41.0 Å². The Morgan fingerprint density at radius 3 is 2.72 bits per heavy atom. The lowest BCUT2D eigenvalue weighted by atomic mass is 10.2. The van der Waals surface area contributed by atoms with Gasteiger partial charge >= 0.3 is 0 Å². The molecule has 3 heterocycles. The van der Waals surface area contributed by atoms with Crippen molar-refractivity contribution in [3.05, 3.63) is 47.6 Å². The number of aromatic nitrogens is 3. The molecule has 0 spiro atoms. The fourth-order valence-corrected chi connectivity index (χ4v) is 3.71. The van der Waals surface area contributed by atoms with Gasteiger partial charge in [0.15, 0.2) is 5.65 Å². The largest absolute Gasteiger partial charge is 0.412 e. The number of carbonyl (C=O) groups excluding carboxylic acids is 1. The molecule has 1 saturated heterocycles. The molecule has 1 aliphatic rings. The molecular formula is C20H25Cl2N5O2. The Morgan fingerprint density at radius 2 is 2.03 bits per heavy atom. The lowest BCUT2D eigenvalue weighted by Crippen LogP contribution is -2.39. The Morgan fingerprint density at radius 1 is 1.28 bits per heavy atom. The zero-order valence-electron chi connectivity index (χ0n) is 16.1. The van der Waals surface area contributed by atoms with Gasteiger partial charge in [-0.05, 0) is 49.4 Å². The first-order valence-electron chi connectivity index (χ1n) is 9.23. The number of hydrogen-bond donors (Lipinski definition) is 1. The first-order chi connectivity index (χ1) is 13.1. The number of halogens is 2. The average Bonchev–Trinajstić information content (AvgIpc) is 3.27. The average molecular weight is 438 g/mol. The van der Waals surface area contributed by atoms with E-state index in [9.17, 15) is 4.79 Å². The van der Waals surface area contributed by atoms with Gasteiger partial charge in [0.25, 0.3) is 0 Å². The molecule has 0 saturated carbocycles. The van der Waals surface area contributed by atoms with Crippen molar-refractivity contribution in [3.63, 3.8) is 0 Å². The standard InChI is InChI=1S/C20H22ClN5O.ClH.H2O/c1-2-25-11-9-16(12-25)23-18(27)13-26-19(14-5-7-15(21)8-6-14)24-17-4-3-10-22-20(17)26;;/h3-8,10,16H,2,9,11-13H2,1H3,(H,23,27);1H;1H2.